The van der Waals surface area contributed by atoms with Crippen molar-refractivity contribution in [2.24, 2.45) is 11.7 Å². The highest BCUT2D eigenvalue weighted by atomic mass is 32.1. The normalized spacial score (nSPS) is 17.4. The van der Waals surface area contributed by atoms with Crippen molar-refractivity contribution in [2.75, 3.05) is 25.1 Å². The van der Waals surface area contributed by atoms with Gasteiger partial charge in [-0.25, -0.2) is 9.37 Å². The van der Waals surface area contributed by atoms with Gasteiger partial charge in [0.1, 0.15) is 22.9 Å². The Kier molecular flexibility index (Phi) is 8.16. The van der Waals surface area contributed by atoms with E-state index >= 15 is 0 Å². The Labute approximate surface area is 208 Å². The highest BCUT2D eigenvalue weighted by Gasteiger charge is 2.21. The molecule has 1 fully saturated rings. The molecule has 188 valence electrons. The minimum atomic E-state index is -1.24. The van der Waals surface area contributed by atoms with Crippen LogP contribution in [0, 0.1) is 11.7 Å². The molecule has 0 bridgehead atoms. The molecule has 1 saturated heterocycles. The monoisotopic (exact) mass is 501 g/mol. The van der Waals surface area contributed by atoms with Gasteiger partial charge >= 0.3 is 0 Å². The van der Waals surface area contributed by atoms with Crippen LogP contribution in [0.25, 0.3) is 10.4 Å². The molecule has 2 unspecified atom stereocenters. The first kappa shape index (κ1) is 25.7. The fraction of sp³-hybridized carbons (Fsp3) is 0.423. The fourth-order valence-electron chi connectivity index (χ4n) is 3.97. The van der Waals surface area contributed by atoms with Crippen LogP contribution in [0.15, 0.2) is 42.5 Å². The third kappa shape index (κ3) is 6.63. The molecule has 2 atom stereocenters. The molecule has 1 aromatic carbocycles. The van der Waals surface area contributed by atoms with Gasteiger partial charge in [-0.05, 0) is 56.5 Å². The second-order valence-electron chi connectivity index (χ2n) is 9.33. The lowest BCUT2D eigenvalue weighted by molar-refractivity contribution is 0.000441. The number of anilines is 2. The van der Waals surface area contributed by atoms with Crippen LogP contribution in [0.4, 0.5) is 15.2 Å². The Morgan fingerprint density at radius 1 is 1.31 bits per heavy atom. The van der Waals surface area contributed by atoms with Crippen molar-refractivity contribution in [3.8, 4) is 10.4 Å². The highest BCUT2D eigenvalue weighted by Crippen LogP contribution is 2.40. The SMILES string of the molecule is CC(C)(O)c1ccc(-c2cc(C(N)O)c(Nc3cccc(COCC4CCCOC4)n3)s2)c(F)c1. The van der Waals surface area contributed by atoms with Gasteiger partial charge in [-0.15, -0.1) is 11.3 Å². The van der Waals surface area contributed by atoms with E-state index in [1.807, 2.05) is 18.2 Å². The van der Waals surface area contributed by atoms with Crippen molar-refractivity contribution in [1.82, 2.24) is 4.98 Å². The fourth-order valence-corrected chi connectivity index (χ4v) is 5.10. The number of pyridine rings is 1. The number of ether oxygens (including phenoxy) is 2. The summed E-state index contributed by atoms with van der Waals surface area (Å²) < 4.78 is 26.2. The first-order valence-corrected chi connectivity index (χ1v) is 12.5. The Morgan fingerprint density at radius 3 is 2.83 bits per heavy atom. The number of benzene rings is 1. The van der Waals surface area contributed by atoms with E-state index in [2.05, 4.69) is 10.3 Å². The van der Waals surface area contributed by atoms with Crippen LogP contribution < -0.4 is 11.1 Å². The topological polar surface area (TPSA) is 110 Å². The molecule has 3 heterocycles. The summed E-state index contributed by atoms with van der Waals surface area (Å²) in [6.45, 7) is 5.79. The zero-order chi connectivity index (χ0) is 25.0. The van der Waals surface area contributed by atoms with Gasteiger partial charge in [0.05, 0.1) is 31.1 Å². The number of aliphatic hydroxyl groups excluding tert-OH is 1. The smallest absolute Gasteiger partial charge is 0.132 e. The molecule has 0 saturated carbocycles. The lowest BCUT2D eigenvalue weighted by Gasteiger charge is -2.21. The first-order valence-electron chi connectivity index (χ1n) is 11.7. The highest BCUT2D eigenvalue weighted by molar-refractivity contribution is 7.19. The molecule has 0 aliphatic carbocycles. The summed E-state index contributed by atoms with van der Waals surface area (Å²) in [5, 5.41) is 24.1. The number of rotatable bonds is 9. The van der Waals surface area contributed by atoms with Gasteiger partial charge in [0, 0.05) is 28.5 Å². The van der Waals surface area contributed by atoms with Gasteiger partial charge in [-0.3, -0.25) is 0 Å². The quantitative estimate of drug-likeness (QED) is 0.311. The van der Waals surface area contributed by atoms with Gasteiger partial charge in [-0.1, -0.05) is 18.2 Å². The molecule has 3 aromatic rings. The van der Waals surface area contributed by atoms with Crippen molar-refractivity contribution < 1.29 is 24.1 Å². The van der Waals surface area contributed by atoms with Gasteiger partial charge in [0.15, 0.2) is 0 Å². The predicted molar refractivity (Wildman–Crippen MR) is 135 cm³/mol. The minimum absolute atomic E-state index is 0.361. The largest absolute Gasteiger partial charge is 0.386 e. The molecule has 9 heteroatoms. The lowest BCUT2D eigenvalue weighted by atomic mass is 9.96. The summed E-state index contributed by atoms with van der Waals surface area (Å²) in [5.74, 6) is 0.525. The average Bonchev–Trinajstić information content (AvgIpc) is 3.23. The van der Waals surface area contributed by atoms with E-state index in [9.17, 15) is 14.6 Å². The molecule has 5 N–H and O–H groups in total. The molecule has 1 aliphatic heterocycles. The number of aliphatic hydroxyl groups is 2. The molecule has 0 amide bonds. The van der Waals surface area contributed by atoms with Crippen molar-refractivity contribution >= 4 is 22.2 Å². The average molecular weight is 502 g/mol. The number of nitrogens with zero attached hydrogens (tertiary/aromatic N) is 1. The number of aromatic nitrogens is 1. The summed E-state index contributed by atoms with van der Waals surface area (Å²) in [6.07, 6.45) is 0.934. The van der Waals surface area contributed by atoms with Crippen molar-refractivity contribution in [2.45, 2.75) is 45.1 Å². The molecule has 2 aromatic heterocycles. The molecular weight excluding hydrogens is 469 g/mol. The molecule has 4 rings (SSSR count). The third-order valence-corrected chi connectivity index (χ3v) is 7.03. The number of hydrogen-bond donors (Lipinski definition) is 4. The second kappa shape index (κ2) is 11.1. The Hall–Kier alpha value is -2.40. The Bertz CT molecular complexity index is 1140. The van der Waals surface area contributed by atoms with Gasteiger partial charge in [0.2, 0.25) is 0 Å². The lowest BCUT2D eigenvalue weighted by Crippen LogP contribution is -2.21. The van der Waals surface area contributed by atoms with E-state index in [1.54, 1.807) is 32.0 Å². The summed E-state index contributed by atoms with van der Waals surface area (Å²) in [4.78, 5) is 5.20. The van der Waals surface area contributed by atoms with Gasteiger partial charge in [0.25, 0.3) is 0 Å². The van der Waals surface area contributed by atoms with Crippen molar-refractivity contribution in [1.29, 1.82) is 0 Å². The van der Waals surface area contributed by atoms with E-state index in [4.69, 9.17) is 15.2 Å². The third-order valence-electron chi connectivity index (χ3n) is 5.93. The number of hydrogen-bond acceptors (Lipinski definition) is 8. The maximum Gasteiger partial charge on any atom is 0.132 e. The zero-order valence-electron chi connectivity index (χ0n) is 20.0. The Balaban J connectivity index is 1.49. The van der Waals surface area contributed by atoms with Crippen molar-refractivity contribution in [3.63, 3.8) is 0 Å². The van der Waals surface area contributed by atoms with E-state index in [1.165, 1.54) is 17.4 Å². The second-order valence-corrected chi connectivity index (χ2v) is 10.4. The molecule has 1 aliphatic rings. The predicted octanol–water partition coefficient (Wildman–Crippen LogP) is 4.81. The number of thiophene rings is 1. The molecule has 0 spiro atoms. The van der Waals surface area contributed by atoms with Crippen LogP contribution in [-0.4, -0.2) is 35.0 Å². The number of nitrogens with two attached hydrogens (primary N) is 1. The van der Waals surface area contributed by atoms with E-state index in [-0.39, 0.29) is 0 Å². The summed E-state index contributed by atoms with van der Waals surface area (Å²) >= 11 is 1.27. The maximum absolute atomic E-state index is 14.9. The van der Waals surface area contributed by atoms with Crippen LogP contribution >= 0.6 is 11.3 Å². The molecule has 0 radical (unpaired) electrons. The number of nitrogens with one attached hydrogen (secondary N) is 1. The minimum Gasteiger partial charge on any atom is -0.386 e. The van der Waals surface area contributed by atoms with Crippen LogP contribution in [0.5, 0.6) is 0 Å². The van der Waals surface area contributed by atoms with Crippen LogP contribution in [0.3, 0.4) is 0 Å². The van der Waals surface area contributed by atoms with E-state index in [0.29, 0.717) is 51.5 Å². The molecule has 35 heavy (non-hydrogen) atoms. The van der Waals surface area contributed by atoms with Gasteiger partial charge < -0.3 is 30.7 Å². The summed E-state index contributed by atoms with van der Waals surface area (Å²) in [6, 6.07) is 11.9. The zero-order valence-corrected chi connectivity index (χ0v) is 20.8. The van der Waals surface area contributed by atoms with E-state index in [0.717, 1.165) is 31.7 Å². The molecular formula is C26H32FN3O4S. The van der Waals surface area contributed by atoms with E-state index < -0.39 is 17.6 Å². The molecule has 7 nitrogen and oxygen atoms in total. The Morgan fingerprint density at radius 2 is 2.14 bits per heavy atom. The van der Waals surface area contributed by atoms with Crippen LogP contribution in [0.2, 0.25) is 0 Å². The van der Waals surface area contributed by atoms with Crippen LogP contribution in [-0.2, 0) is 21.7 Å². The van der Waals surface area contributed by atoms with Crippen molar-refractivity contribution in [3.05, 3.63) is 65.1 Å². The maximum atomic E-state index is 14.9. The summed E-state index contributed by atoms with van der Waals surface area (Å²) in [7, 11) is 0. The van der Waals surface area contributed by atoms with Gasteiger partial charge in [-0.2, -0.15) is 0 Å². The standard InChI is InChI=1S/C26H32FN3O4S/c1-26(2,32)17-8-9-19(21(27)11-17)22-12-20(24(28)31)25(35-22)30-23-7-3-6-18(29-23)15-34-14-16-5-4-10-33-13-16/h3,6-9,11-12,16,24,31-32H,4-5,10,13-15,28H2,1-2H3,(H,29,30). The number of halogens is 1. The van der Waals surface area contributed by atoms with Crippen LogP contribution in [0.1, 0.15) is 49.7 Å². The summed E-state index contributed by atoms with van der Waals surface area (Å²) in [5.41, 5.74) is 6.69. The first-order chi connectivity index (χ1) is 16.7.